The van der Waals surface area contributed by atoms with Crippen molar-refractivity contribution >= 4 is 0 Å². The van der Waals surface area contributed by atoms with Crippen LogP contribution in [0, 0.1) is 0 Å². The van der Waals surface area contributed by atoms with Gasteiger partial charge in [0.05, 0.1) is 12.2 Å². The molecule has 3 nitrogen and oxygen atoms in total. The van der Waals surface area contributed by atoms with Gasteiger partial charge in [-0.1, -0.05) is 0 Å². The summed E-state index contributed by atoms with van der Waals surface area (Å²) in [7, 11) is 2.03. The zero-order valence-electron chi connectivity index (χ0n) is 9.33. The molecule has 0 aromatic carbocycles. The third-order valence-electron chi connectivity index (χ3n) is 2.97. The molecular weight excluding hydrogens is 178 g/mol. The Bertz CT molecular complexity index is 142. The molecule has 0 amide bonds. The minimum Gasteiger partial charge on any atom is -0.393 e. The second-order valence-electron chi connectivity index (χ2n) is 4.27. The van der Waals surface area contributed by atoms with Gasteiger partial charge in [0.15, 0.2) is 0 Å². The fourth-order valence-corrected chi connectivity index (χ4v) is 1.92. The van der Waals surface area contributed by atoms with Gasteiger partial charge in [-0.2, -0.15) is 0 Å². The predicted molar refractivity (Wildman–Crippen MR) is 57.4 cm³/mol. The third-order valence-corrected chi connectivity index (χ3v) is 2.97. The molecular formula is C11H23NO2. The standard InChI is InChI=1S/C11H23NO2/c1-9(13)7-8-14-11-5-3-10(12-2)4-6-11/h9-13H,3-8H2,1-2H3. The maximum atomic E-state index is 9.07. The lowest BCUT2D eigenvalue weighted by Gasteiger charge is -2.28. The fourth-order valence-electron chi connectivity index (χ4n) is 1.92. The summed E-state index contributed by atoms with van der Waals surface area (Å²) in [5, 5.41) is 12.4. The van der Waals surface area contributed by atoms with E-state index < -0.39 is 0 Å². The van der Waals surface area contributed by atoms with E-state index in [2.05, 4.69) is 5.32 Å². The van der Waals surface area contributed by atoms with Crippen molar-refractivity contribution in [2.45, 2.75) is 57.3 Å². The van der Waals surface area contributed by atoms with Gasteiger partial charge in [-0.3, -0.25) is 0 Å². The molecule has 3 heteroatoms. The molecule has 1 aliphatic carbocycles. The van der Waals surface area contributed by atoms with Crippen molar-refractivity contribution in [2.24, 2.45) is 0 Å². The van der Waals surface area contributed by atoms with E-state index in [1.165, 1.54) is 12.8 Å². The Morgan fingerprint density at radius 2 is 2.00 bits per heavy atom. The Labute approximate surface area is 86.8 Å². The average Bonchev–Trinajstić information content (AvgIpc) is 2.18. The molecule has 1 rings (SSSR count). The summed E-state index contributed by atoms with van der Waals surface area (Å²) in [5.41, 5.74) is 0. The summed E-state index contributed by atoms with van der Waals surface area (Å²) in [6, 6.07) is 0.687. The van der Waals surface area contributed by atoms with Crippen LogP contribution in [0.15, 0.2) is 0 Å². The zero-order valence-corrected chi connectivity index (χ0v) is 9.33. The van der Waals surface area contributed by atoms with E-state index in [0.29, 0.717) is 18.8 Å². The number of rotatable bonds is 5. The van der Waals surface area contributed by atoms with Gasteiger partial charge < -0.3 is 15.2 Å². The molecule has 0 spiro atoms. The number of hydrogen-bond acceptors (Lipinski definition) is 3. The van der Waals surface area contributed by atoms with Crippen LogP contribution in [0.1, 0.15) is 39.0 Å². The van der Waals surface area contributed by atoms with Crippen molar-refractivity contribution in [3.8, 4) is 0 Å². The summed E-state index contributed by atoms with van der Waals surface area (Å²) in [4.78, 5) is 0. The molecule has 0 aromatic heterocycles. The molecule has 0 saturated heterocycles. The van der Waals surface area contributed by atoms with E-state index >= 15 is 0 Å². The molecule has 1 atom stereocenters. The van der Waals surface area contributed by atoms with Crippen molar-refractivity contribution in [3.63, 3.8) is 0 Å². The first-order valence-electron chi connectivity index (χ1n) is 5.69. The molecule has 0 aliphatic heterocycles. The number of aliphatic hydroxyl groups is 1. The van der Waals surface area contributed by atoms with Crippen LogP contribution in [0.3, 0.4) is 0 Å². The minimum atomic E-state index is -0.233. The minimum absolute atomic E-state index is 0.233. The number of aliphatic hydroxyl groups excluding tert-OH is 1. The lowest BCUT2D eigenvalue weighted by atomic mass is 9.93. The van der Waals surface area contributed by atoms with Crippen LogP contribution in [0.4, 0.5) is 0 Å². The van der Waals surface area contributed by atoms with Crippen LogP contribution in [0.2, 0.25) is 0 Å². The zero-order chi connectivity index (χ0) is 10.4. The van der Waals surface area contributed by atoms with Crippen LogP contribution in [0.25, 0.3) is 0 Å². The second-order valence-corrected chi connectivity index (χ2v) is 4.27. The highest BCUT2D eigenvalue weighted by atomic mass is 16.5. The van der Waals surface area contributed by atoms with Crippen LogP contribution in [-0.2, 0) is 4.74 Å². The highest BCUT2D eigenvalue weighted by molar-refractivity contribution is 4.76. The quantitative estimate of drug-likeness (QED) is 0.704. The Kier molecular flexibility index (Phi) is 5.45. The van der Waals surface area contributed by atoms with Crippen molar-refractivity contribution in [1.29, 1.82) is 0 Å². The van der Waals surface area contributed by atoms with Gasteiger partial charge >= 0.3 is 0 Å². The maximum absolute atomic E-state index is 9.07. The molecule has 1 unspecified atom stereocenters. The predicted octanol–water partition coefficient (Wildman–Crippen LogP) is 1.30. The average molecular weight is 201 g/mol. The first kappa shape index (κ1) is 12.0. The molecule has 0 bridgehead atoms. The molecule has 0 radical (unpaired) electrons. The lowest BCUT2D eigenvalue weighted by molar-refractivity contribution is 0.00761. The van der Waals surface area contributed by atoms with E-state index in [9.17, 15) is 0 Å². The van der Waals surface area contributed by atoms with Gasteiger partial charge in [0.2, 0.25) is 0 Å². The normalized spacial score (nSPS) is 30.2. The summed E-state index contributed by atoms with van der Waals surface area (Å²) in [6.07, 6.45) is 5.70. The second kappa shape index (κ2) is 6.38. The molecule has 1 fully saturated rings. The smallest absolute Gasteiger partial charge is 0.0576 e. The van der Waals surface area contributed by atoms with Gasteiger partial charge in [-0.05, 0) is 46.1 Å². The lowest BCUT2D eigenvalue weighted by Crippen LogP contribution is -2.33. The molecule has 0 heterocycles. The topological polar surface area (TPSA) is 41.5 Å². The Morgan fingerprint density at radius 3 is 2.50 bits per heavy atom. The van der Waals surface area contributed by atoms with Gasteiger partial charge in [-0.25, -0.2) is 0 Å². The molecule has 0 aromatic rings. The summed E-state index contributed by atoms with van der Waals surface area (Å²) in [6.45, 7) is 2.51. The van der Waals surface area contributed by atoms with E-state index in [1.54, 1.807) is 6.92 Å². The Morgan fingerprint density at radius 1 is 1.36 bits per heavy atom. The van der Waals surface area contributed by atoms with Gasteiger partial charge in [0, 0.05) is 12.6 Å². The number of ether oxygens (including phenoxy) is 1. The summed E-state index contributed by atoms with van der Waals surface area (Å²) < 4.78 is 5.70. The first-order valence-corrected chi connectivity index (χ1v) is 5.69. The van der Waals surface area contributed by atoms with Crippen LogP contribution in [-0.4, -0.2) is 37.0 Å². The molecule has 14 heavy (non-hydrogen) atoms. The van der Waals surface area contributed by atoms with E-state index in [0.717, 1.165) is 19.3 Å². The summed E-state index contributed by atoms with van der Waals surface area (Å²) >= 11 is 0. The fraction of sp³-hybridized carbons (Fsp3) is 1.00. The SMILES string of the molecule is CNC1CCC(OCCC(C)O)CC1. The van der Waals surface area contributed by atoms with Gasteiger partial charge in [0.25, 0.3) is 0 Å². The molecule has 1 saturated carbocycles. The number of nitrogens with one attached hydrogen (secondary N) is 1. The van der Waals surface area contributed by atoms with E-state index in [1.807, 2.05) is 7.05 Å². The van der Waals surface area contributed by atoms with Crippen LogP contribution >= 0.6 is 0 Å². The molecule has 84 valence electrons. The van der Waals surface area contributed by atoms with E-state index in [4.69, 9.17) is 9.84 Å². The highest BCUT2D eigenvalue weighted by Gasteiger charge is 2.20. The van der Waals surface area contributed by atoms with Crippen molar-refractivity contribution < 1.29 is 9.84 Å². The van der Waals surface area contributed by atoms with E-state index in [-0.39, 0.29) is 6.10 Å². The van der Waals surface area contributed by atoms with Crippen molar-refractivity contribution in [2.75, 3.05) is 13.7 Å². The molecule has 2 N–H and O–H groups in total. The van der Waals surface area contributed by atoms with Crippen LogP contribution in [0.5, 0.6) is 0 Å². The highest BCUT2D eigenvalue weighted by Crippen LogP contribution is 2.21. The Hall–Kier alpha value is -0.120. The number of hydrogen-bond donors (Lipinski definition) is 2. The first-order chi connectivity index (χ1) is 6.72. The van der Waals surface area contributed by atoms with Gasteiger partial charge in [0.1, 0.15) is 0 Å². The Balaban J connectivity index is 2.04. The third kappa shape index (κ3) is 4.40. The summed E-state index contributed by atoms with van der Waals surface area (Å²) in [5.74, 6) is 0. The largest absolute Gasteiger partial charge is 0.393 e. The van der Waals surface area contributed by atoms with Crippen molar-refractivity contribution in [1.82, 2.24) is 5.32 Å². The van der Waals surface area contributed by atoms with Crippen molar-refractivity contribution in [3.05, 3.63) is 0 Å². The molecule has 1 aliphatic rings. The maximum Gasteiger partial charge on any atom is 0.0576 e. The van der Waals surface area contributed by atoms with Crippen LogP contribution < -0.4 is 5.32 Å². The monoisotopic (exact) mass is 201 g/mol. The van der Waals surface area contributed by atoms with Gasteiger partial charge in [-0.15, -0.1) is 0 Å².